The van der Waals surface area contributed by atoms with E-state index in [9.17, 15) is 24.6 Å². The van der Waals surface area contributed by atoms with Gasteiger partial charge in [0, 0.05) is 6.42 Å². The molecule has 0 radical (unpaired) electrons. The van der Waals surface area contributed by atoms with Crippen LogP contribution in [-0.4, -0.2) is 95.3 Å². The highest BCUT2D eigenvalue weighted by Gasteiger charge is 2.36. The third-order valence-corrected chi connectivity index (χ3v) is 6.73. The quantitative estimate of drug-likeness (QED) is 0.159. The second kappa shape index (κ2) is 16.2. The van der Waals surface area contributed by atoms with E-state index >= 15 is 0 Å². The summed E-state index contributed by atoms with van der Waals surface area (Å²) in [5.74, 6) is -1.04. The predicted molar refractivity (Wildman–Crippen MR) is 146 cm³/mol. The molecule has 0 aromatic heterocycles. The van der Waals surface area contributed by atoms with Crippen molar-refractivity contribution in [2.24, 2.45) is 0 Å². The molecule has 1 heterocycles. The number of aliphatic hydroxyl groups excluding tert-OH is 4. The Labute approximate surface area is 238 Å². The number of aryl methyl sites for hydroxylation is 1. The van der Waals surface area contributed by atoms with Crippen LogP contribution in [-0.2, 0) is 36.6 Å². The molecule has 12 heteroatoms. The maximum Gasteiger partial charge on any atom is 0.510 e. The summed E-state index contributed by atoms with van der Waals surface area (Å²) in [7, 11) is 0. The van der Waals surface area contributed by atoms with Crippen molar-refractivity contribution < 1.29 is 49.0 Å². The van der Waals surface area contributed by atoms with E-state index in [1.165, 1.54) is 0 Å². The first-order valence-electron chi connectivity index (χ1n) is 13.5. The van der Waals surface area contributed by atoms with Crippen LogP contribution in [0, 0.1) is 0 Å². The maximum absolute atomic E-state index is 13.7. The molecule has 4 atom stereocenters. The Morgan fingerprint density at radius 3 is 2.17 bits per heavy atom. The van der Waals surface area contributed by atoms with Gasteiger partial charge in [-0.1, -0.05) is 54.6 Å². The van der Waals surface area contributed by atoms with Gasteiger partial charge in [-0.2, -0.15) is 0 Å². The highest BCUT2D eigenvalue weighted by Crippen LogP contribution is 2.28. The van der Waals surface area contributed by atoms with Crippen molar-refractivity contribution in [1.82, 2.24) is 10.6 Å². The minimum Gasteiger partial charge on any atom is -0.456 e. The van der Waals surface area contributed by atoms with Crippen LogP contribution < -0.4 is 10.6 Å². The van der Waals surface area contributed by atoms with Gasteiger partial charge in [-0.05, 0) is 36.5 Å². The lowest BCUT2D eigenvalue weighted by Gasteiger charge is -2.34. The Morgan fingerprint density at radius 2 is 1.51 bits per heavy atom. The van der Waals surface area contributed by atoms with Gasteiger partial charge in [-0.15, -0.1) is 0 Å². The van der Waals surface area contributed by atoms with Gasteiger partial charge in [0.05, 0.1) is 38.5 Å². The van der Waals surface area contributed by atoms with E-state index < -0.39 is 75.1 Å². The number of ketones is 1. The molecule has 0 amide bonds. The minimum absolute atomic E-state index is 0.246. The number of hydrogen-bond acceptors (Lipinski definition) is 12. The molecule has 0 saturated carbocycles. The van der Waals surface area contributed by atoms with Crippen molar-refractivity contribution in [3.63, 3.8) is 0 Å². The molecular weight excluding hydrogens is 536 g/mol. The number of benzene rings is 2. The molecule has 1 aliphatic heterocycles. The second-order valence-electron chi connectivity index (χ2n) is 9.76. The number of esters is 1. The topological polar surface area (TPSA) is 184 Å². The first-order valence-corrected chi connectivity index (χ1v) is 13.5. The fourth-order valence-corrected chi connectivity index (χ4v) is 4.50. The van der Waals surface area contributed by atoms with E-state index in [1.807, 2.05) is 36.4 Å². The van der Waals surface area contributed by atoms with Crippen LogP contribution in [0.5, 0.6) is 0 Å². The molecule has 3 rings (SSSR count). The number of hydrogen-bond donors (Lipinski definition) is 6. The summed E-state index contributed by atoms with van der Waals surface area (Å²) in [6.45, 7) is -0.654. The van der Waals surface area contributed by atoms with E-state index in [0.717, 1.165) is 11.1 Å². The molecule has 41 heavy (non-hydrogen) atoms. The Balaban J connectivity index is 1.75. The summed E-state index contributed by atoms with van der Waals surface area (Å²) < 4.78 is 15.5. The number of carbonyl (C=O) groups excluding carboxylic acids is 3. The number of aliphatic hydroxyl groups is 4. The van der Waals surface area contributed by atoms with Gasteiger partial charge in [0.25, 0.3) is 0 Å². The maximum atomic E-state index is 13.7. The third kappa shape index (κ3) is 9.32. The average Bonchev–Trinajstić information content (AvgIpc) is 3.00. The first kappa shape index (κ1) is 32.1. The van der Waals surface area contributed by atoms with Crippen LogP contribution >= 0.6 is 0 Å². The van der Waals surface area contributed by atoms with Crippen molar-refractivity contribution in [1.29, 1.82) is 0 Å². The molecule has 0 fully saturated rings. The highest BCUT2D eigenvalue weighted by atomic mass is 16.7. The molecule has 0 spiro atoms. The third-order valence-electron chi connectivity index (χ3n) is 6.73. The zero-order valence-electron chi connectivity index (χ0n) is 22.8. The number of Topliss-reactive ketones (excluding diaryl/α,β-unsaturated/α-hetero) is 1. The van der Waals surface area contributed by atoms with Gasteiger partial charge in [-0.25, -0.2) is 4.79 Å². The lowest BCUT2D eigenvalue weighted by atomic mass is 9.89. The average molecular weight is 575 g/mol. The zero-order valence-corrected chi connectivity index (χ0v) is 22.8. The van der Waals surface area contributed by atoms with Crippen molar-refractivity contribution in [2.45, 2.75) is 62.7 Å². The van der Waals surface area contributed by atoms with E-state index in [0.29, 0.717) is 12.0 Å². The van der Waals surface area contributed by atoms with E-state index in [-0.39, 0.29) is 18.6 Å². The summed E-state index contributed by atoms with van der Waals surface area (Å²) in [6, 6.07) is 13.9. The number of ether oxygens (including phenoxy) is 3. The SMILES string of the molecule is C[C@H](N[C@@H](CCc1ccccc1)C(=O)OC(CO)CO)C(=O)C1N[C@@H](OC(=O)OC(CO)CO)Cc2ccccc21. The van der Waals surface area contributed by atoms with E-state index in [1.54, 1.807) is 25.1 Å². The number of rotatable bonds is 15. The number of fused-ring (bicyclic) bond motifs is 1. The number of carbonyl (C=O) groups is 3. The van der Waals surface area contributed by atoms with Crippen molar-refractivity contribution >= 4 is 17.9 Å². The Kier molecular flexibility index (Phi) is 12.7. The Bertz CT molecular complexity index is 1120. The molecule has 12 nitrogen and oxygen atoms in total. The molecular formula is C29H38N2O10. The smallest absolute Gasteiger partial charge is 0.456 e. The van der Waals surface area contributed by atoms with Gasteiger partial charge in [0.1, 0.15) is 12.1 Å². The summed E-state index contributed by atoms with van der Waals surface area (Å²) >= 11 is 0. The molecule has 0 bridgehead atoms. The van der Waals surface area contributed by atoms with Crippen molar-refractivity contribution in [2.75, 3.05) is 26.4 Å². The van der Waals surface area contributed by atoms with Crippen molar-refractivity contribution in [3.8, 4) is 0 Å². The molecule has 2 aromatic carbocycles. The van der Waals surface area contributed by atoms with Crippen LogP contribution in [0.15, 0.2) is 54.6 Å². The van der Waals surface area contributed by atoms with Crippen LogP contribution in [0.1, 0.15) is 36.1 Å². The molecule has 0 aliphatic carbocycles. The van der Waals surface area contributed by atoms with Crippen molar-refractivity contribution in [3.05, 3.63) is 71.3 Å². The summed E-state index contributed by atoms with van der Waals surface area (Å²) in [6.07, 6.45) is -3.24. The van der Waals surface area contributed by atoms with Crippen LogP contribution in [0.25, 0.3) is 0 Å². The molecule has 1 aliphatic rings. The van der Waals surface area contributed by atoms with Crippen LogP contribution in [0.4, 0.5) is 4.79 Å². The van der Waals surface area contributed by atoms with Gasteiger partial charge in [-0.3, -0.25) is 20.2 Å². The summed E-state index contributed by atoms with van der Waals surface area (Å²) in [5, 5.41) is 43.1. The van der Waals surface area contributed by atoms with Crippen LogP contribution in [0.3, 0.4) is 0 Å². The van der Waals surface area contributed by atoms with E-state index in [2.05, 4.69) is 10.6 Å². The van der Waals surface area contributed by atoms with E-state index in [4.69, 9.17) is 24.4 Å². The number of nitrogens with one attached hydrogen (secondary N) is 2. The fraction of sp³-hybridized carbons (Fsp3) is 0.483. The first-order chi connectivity index (χ1) is 19.8. The lowest BCUT2D eigenvalue weighted by molar-refractivity contribution is -0.156. The Hall–Kier alpha value is -3.39. The fourth-order valence-electron chi connectivity index (χ4n) is 4.50. The molecule has 0 saturated heterocycles. The van der Waals surface area contributed by atoms with Crippen LogP contribution in [0.2, 0.25) is 0 Å². The largest absolute Gasteiger partial charge is 0.510 e. The lowest BCUT2D eigenvalue weighted by Crippen LogP contribution is -2.53. The molecule has 224 valence electrons. The molecule has 2 aromatic rings. The van der Waals surface area contributed by atoms with Gasteiger partial charge in [0.15, 0.2) is 18.1 Å². The van der Waals surface area contributed by atoms with Gasteiger partial charge < -0.3 is 34.6 Å². The standard InChI is InChI=1S/C29H38N2O10/c1-18(30-24(28(37)39-21(14-32)15-33)12-11-19-7-3-2-4-8-19)27(36)26-23-10-6-5-9-20(23)13-25(31-26)41-29(38)40-22(16-34)17-35/h2-10,18,21-22,24-26,30-35H,11-17H2,1H3/t18-,24-,25-,26?/m0/s1. The minimum atomic E-state index is -1.14. The zero-order chi connectivity index (χ0) is 29.8. The predicted octanol–water partition coefficient (Wildman–Crippen LogP) is 0.151. The molecule has 6 N–H and O–H groups in total. The summed E-state index contributed by atoms with van der Waals surface area (Å²) in [4.78, 5) is 38.9. The molecule has 1 unspecified atom stereocenters. The Morgan fingerprint density at radius 1 is 0.902 bits per heavy atom. The summed E-state index contributed by atoms with van der Waals surface area (Å²) in [5.41, 5.74) is 2.43. The van der Waals surface area contributed by atoms with Gasteiger partial charge in [0.2, 0.25) is 0 Å². The van der Waals surface area contributed by atoms with Gasteiger partial charge >= 0.3 is 12.1 Å². The normalized spacial score (nSPS) is 17.9. The monoisotopic (exact) mass is 574 g/mol. The highest BCUT2D eigenvalue weighted by molar-refractivity contribution is 5.91. The second-order valence-corrected chi connectivity index (χ2v) is 9.76.